The maximum absolute atomic E-state index is 11.7. The van der Waals surface area contributed by atoms with Gasteiger partial charge in [-0.1, -0.05) is 6.92 Å². The van der Waals surface area contributed by atoms with Crippen molar-refractivity contribution in [3.63, 3.8) is 0 Å². The van der Waals surface area contributed by atoms with E-state index in [1.54, 1.807) is 6.92 Å². The van der Waals surface area contributed by atoms with Crippen LogP contribution in [0.3, 0.4) is 0 Å². The number of methoxy groups -OCH3 is 2. The fraction of sp³-hybridized carbons (Fsp3) is 0.500. The van der Waals surface area contributed by atoms with Gasteiger partial charge in [-0.3, -0.25) is 19.7 Å². The number of hydrogen-bond donors (Lipinski definition) is 2. The lowest BCUT2D eigenvalue weighted by atomic mass is 10.1. The Morgan fingerprint density at radius 1 is 1.08 bits per heavy atom. The third-order valence-electron chi connectivity index (χ3n) is 3.49. The van der Waals surface area contributed by atoms with Crippen LogP contribution in [0.15, 0.2) is 12.1 Å². The van der Waals surface area contributed by atoms with Gasteiger partial charge in [0, 0.05) is 31.5 Å². The Kier molecular flexibility index (Phi) is 8.17. The maximum atomic E-state index is 11.7. The fourth-order valence-corrected chi connectivity index (χ4v) is 2.15. The number of amides is 2. The van der Waals surface area contributed by atoms with E-state index in [1.165, 1.54) is 26.4 Å². The van der Waals surface area contributed by atoms with E-state index in [9.17, 15) is 19.7 Å². The summed E-state index contributed by atoms with van der Waals surface area (Å²) in [6.45, 7) is 2.22. The van der Waals surface area contributed by atoms with Crippen LogP contribution < -0.4 is 20.1 Å². The number of carbonyl (C=O) groups excluding carboxylic acids is 2. The van der Waals surface area contributed by atoms with Gasteiger partial charge < -0.3 is 20.1 Å². The second-order valence-corrected chi connectivity index (χ2v) is 5.15. The summed E-state index contributed by atoms with van der Waals surface area (Å²) < 4.78 is 10.2. The molecule has 9 heteroatoms. The molecule has 0 aliphatic carbocycles. The Morgan fingerprint density at radius 2 is 1.68 bits per heavy atom. The molecule has 0 bridgehead atoms. The van der Waals surface area contributed by atoms with Crippen LogP contribution in [0.25, 0.3) is 0 Å². The molecule has 0 aliphatic heterocycles. The first kappa shape index (κ1) is 20.2. The van der Waals surface area contributed by atoms with Crippen molar-refractivity contribution in [2.75, 3.05) is 27.3 Å². The number of nitrogens with zero attached hydrogens (tertiary/aromatic N) is 1. The van der Waals surface area contributed by atoms with Crippen LogP contribution in [-0.4, -0.2) is 44.0 Å². The van der Waals surface area contributed by atoms with Crippen LogP contribution in [0.2, 0.25) is 0 Å². The zero-order valence-corrected chi connectivity index (χ0v) is 14.6. The fourth-order valence-electron chi connectivity index (χ4n) is 2.15. The smallest absolute Gasteiger partial charge is 0.276 e. The summed E-state index contributed by atoms with van der Waals surface area (Å²) in [4.78, 5) is 33.5. The molecule has 1 aromatic carbocycles. The lowest BCUT2D eigenvalue weighted by molar-refractivity contribution is -0.385. The minimum absolute atomic E-state index is 0.0953. The lowest BCUT2D eigenvalue weighted by Crippen LogP contribution is -2.31. The molecule has 25 heavy (non-hydrogen) atoms. The van der Waals surface area contributed by atoms with Crippen molar-refractivity contribution in [2.24, 2.45) is 0 Å². The molecule has 0 spiro atoms. The van der Waals surface area contributed by atoms with Crippen molar-refractivity contribution < 1.29 is 24.0 Å². The monoisotopic (exact) mass is 353 g/mol. The summed E-state index contributed by atoms with van der Waals surface area (Å²) in [5.74, 6) is 0.304. The van der Waals surface area contributed by atoms with Gasteiger partial charge in [-0.25, -0.2) is 0 Å². The molecule has 1 rings (SSSR count). The molecule has 0 unspecified atom stereocenters. The maximum Gasteiger partial charge on any atom is 0.276 e. The highest BCUT2D eigenvalue weighted by Crippen LogP contribution is 2.34. The molecule has 0 heterocycles. The zero-order valence-electron chi connectivity index (χ0n) is 14.6. The minimum atomic E-state index is -0.501. The molecule has 0 fully saturated rings. The summed E-state index contributed by atoms with van der Waals surface area (Å²) in [7, 11) is 2.85. The molecule has 2 N–H and O–H groups in total. The predicted molar refractivity (Wildman–Crippen MR) is 90.8 cm³/mol. The van der Waals surface area contributed by atoms with E-state index >= 15 is 0 Å². The number of ether oxygens (including phenoxy) is 2. The average Bonchev–Trinajstić information content (AvgIpc) is 2.60. The standard InChI is InChI=1S/C16H23N3O6/c1-4-15(20)17-8-6-16(21)18-7-5-11-9-13(24-2)14(25-3)10-12(11)19(22)23/h9-10H,4-8H2,1-3H3,(H,17,20)(H,18,21). The average molecular weight is 353 g/mol. The van der Waals surface area contributed by atoms with Crippen LogP contribution >= 0.6 is 0 Å². The molecule has 0 saturated carbocycles. The van der Waals surface area contributed by atoms with Crippen molar-refractivity contribution in [2.45, 2.75) is 26.2 Å². The molecular weight excluding hydrogens is 330 g/mol. The van der Waals surface area contributed by atoms with Crippen molar-refractivity contribution in [3.05, 3.63) is 27.8 Å². The van der Waals surface area contributed by atoms with Crippen LogP contribution in [0.4, 0.5) is 5.69 Å². The van der Waals surface area contributed by atoms with Crippen LogP contribution in [0.5, 0.6) is 11.5 Å². The number of rotatable bonds is 10. The number of nitrogens with one attached hydrogen (secondary N) is 2. The van der Waals surface area contributed by atoms with E-state index < -0.39 is 4.92 Å². The molecular formula is C16H23N3O6. The largest absolute Gasteiger partial charge is 0.493 e. The summed E-state index contributed by atoms with van der Waals surface area (Å²) in [5, 5.41) is 16.5. The molecule has 1 aromatic rings. The van der Waals surface area contributed by atoms with Crippen molar-refractivity contribution >= 4 is 17.5 Å². The SMILES string of the molecule is CCC(=O)NCCC(=O)NCCc1cc(OC)c(OC)cc1[N+](=O)[O-]. The Balaban J connectivity index is 2.62. The Hall–Kier alpha value is -2.84. The highest BCUT2D eigenvalue weighted by molar-refractivity contribution is 5.78. The molecule has 0 atom stereocenters. The highest BCUT2D eigenvalue weighted by atomic mass is 16.6. The first-order valence-corrected chi connectivity index (χ1v) is 7.85. The van der Waals surface area contributed by atoms with E-state index in [0.717, 1.165) is 0 Å². The van der Waals surface area contributed by atoms with E-state index in [-0.39, 0.29) is 49.2 Å². The quantitative estimate of drug-likeness (QED) is 0.481. The van der Waals surface area contributed by atoms with Gasteiger partial charge in [0.2, 0.25) is 11.8 Å². The van der Waals surface area contributed by atoms with E-state index in [2.05, 4.69) is 10.6 Å². The third kappa shape index (κ3) is 6.28. The molecule has 0 saturated heterocycles. The van der Waals surface area contributed by atoms with Gasteiger partial charge in [-0.2, -0.15) is 0 Å². The summed E-state index contributed by atoms with van der Waals surface area (Å²) in [6, 6.07) is 2.83. The van der Waals surface area contributed by atoms with Gasteiger partial charge in [0.25, 0.3) is 5.69 Å². The molecule has 138 valence electrons. The summed E-state index contributed by atoms with van der Waals surface area (Å²) >= 11 is 0. The Labute approximate surface area is 145 Å². The van der Waals surface area contributed by atoms with Crippen LogP contribution in [0, 0.1) is 10.1 Å². The first-order valence-electron chi connectivity index (χ1n) is 7.85. The second-order valence-electron chi connectivity index (χ2n) is 5.15. The van der Waals surface area contributed by atoms with E-state index in [4.69, 9.17) is 9.47 Å². The number of carbonyl (C=O) groups is 2. The van der Waals surface area contributed by atoms with Gasteiger partial charge >= 0.3 is 0 Å². The number of hydrogen-bond acceptors (Lipinski definition) is 6. The highest BCUT2D eigenvalue weighted by Gasteiger charge is 2.19. The zero-order chi connectivity index (χ0) is 18.8. The van der Waals surface area contributed by atoms with E-state index in [1.807, 2.05) is 0 Å². The van der Waals surface area contributed by atoms with Crippen molar-refractivity contribution in [1.82, 2.24) is 10.6 Å². The van der Waals surface area contributed by atoms with E-state index in [0.29, 0.717) is 17.7 Å². The Morgan fingerprint density at radius 3 is 2.24 bits per heavy atom. The minimum Gasteiger partial charge on any atom is -0.493 e. The van der Waals surface area contributed by atoms with Crippen molar-refractivity contribution in [3.8, 4) is 11.5 Å². The van der Waals surface area contributed by atoms with Gasteiger partial charge in [0.1, 0.15) is 0 Å². The molecule has 0 aliphatic rings. The number of nitro benzene ring substituents is 1. The molecule has 0 aromatic heterocycles. The molecule has 2 amide bonds. The van der Waals surface area contributed by atoms with Crippen LogP contribution in [-0.2, 0) is 16.0 Å². The second kappa shape index (κ2) is 10.1. The van der Waals surface area contributed by atoms with Gasteiger partial charge in [-0.15, -0.1) is 0 Å². The number of nitro groups is 1. The topological polar surface area (TPSA) is 120 Å². The Bertz CT molecular complexity index is 633. The predicted octanol–water partition coefficient (Wildman–Crippen LogP) is 1.19. The third-order valence-corrected chi connectivity index (χ3v) is 3.49. The normalized spacial score (nSPS) is 10.0. The number of benzene rings is 1. The van der Waals surface area contributed by atoms with Crippen LogP contribution in [0.1, 0.15) is 25.3 Å². The van der Waals surface area contributed by atoms with Gasteiger partial charge in [0.05, 0.1) is 25.2 Å². The summed E-state index contributed by atoms with van der Waals surface area (Å²) in [6.07, 6.45) is 0.786. The first-order chi connectivity index (χ1) is 11.9. The van der Waals surface area contributed by atoms with Gasteiger partial charge in [0.15, 0.2) is 11.5 Å². The summed E-state index contributed by atoms with van der Waals surface area (Å²) in [5.41, 5.74) is 0.337. The van der Waals surface area contributed by atoms with Gasteiger partial charge in [-0.05, 0) is 12.5 Å². The lowest BCUT2D eigenvalue weighted by Gasteiger charge is -2.11. The van der Waals surface area contributed by atoms with Crippen molar-refractivity contribution in [1.29, 1.82) is 0 Å². The molecule has 0 radical (unpaired) electrons. The molecule has 9 nitrogen and oxygen atoms in total.